The van der Waals surface area contributed by atoms with Crippen LogP contribution in [0.15, 0.2) is 18.2 Å². The van der Waals surface area contributed by atoms with Crippen molar-refractivity contribution in [2.24, 2.45) is 5.92 Å². The van der Waals surface area contributed by atoms with E-state index in [2.05, 4.69) is 29.8 Å². The zero-order chi connectivity index (χ0) is 11.4. The van der Waals surface area contributed by atoms with Gasteiger partial charge in [-0.05, 0) is 30.0 Å². The van der Waals surface area contributed by atoms with Crippen molar-refractivity contribution in [3.8, 4) is 5.75 Å². The molecule has 0 heterocycles. The van der Waals surface area contributed by atoms with Gasteiger partial charge in [0.2, 0.25) is 0 Å². The van der Waals surface area contributed by atoms with Crippen molar-refractivity contribution >= 4 is 15.9 Å². The molecule has 0 amide bonds. The van der Waals surface area contributed by atoms with E-state index in [-0.39, 0.29) is 10.6 Å². The van der Waals surface area contributed by atoms with Crippen LogP contribution in [0.3, 0.4) is 0 Å². The van der Waals surface area contributed by atoms with E-state index in [1.54, 1.807) is 6.07 Å². The van der Waals surface area contributed by atoms with E-state index in [0.29, 0.717) is 11.7 Å². The molecule has 0 saturated carbocycles. The summed E-state index contributed by atoms with van der Waals surface area (Å²) in [4.78, 5) is 0.206. The van der Waals surface area contributed by atoms with Gasteiger partial charge in [-0.1, -0.05) is 35.8 Å². The first-order valence-corrected chi connectivity index (χ1v) is 5.93. The second kappa shape index (κ2) is 5.50. The van der Waals surface area contributed by atoms with Crippen LogP contribution in [0.5, 0.6) is 5.75 Å². The number of rotatable bonds is 4. The predicted molar refractivity (Wildman–Crippen MR) is 64.1 cm³/mol. The summed E-state index contributed by atoms with van der Waals surface area (Å²) in [5.41, 5.74) is 0.960. The van der Waals surface area contributed by atoms with E-state index in [0.717, 1.165) is 12.0 Å². The van der Waals surface area contributed by atoms with Gasteiger partial charge in [-0.2, -0.15) is 0 Å². The molecule has 0 aliphatic carbocycles. The maximum atomic E-state index is 13.4. The van der Waals surface area contributed by atoms with E-state index in [1.165, 1.54) is 13.2 Å². The van der Waals surface area contributed by atoms with Gasteiger partial charge in [0.25, 0.3) is 0 Å². The quantitative estimate of drug-likeness (QED) is 0.744. The highest BCUT2D eigenvalue weighted by molar-refractivity contribution is 9.09. The molecule has 0 bridgehead atoms. The van der Waals surface area contributed by atoms with Gasteiger partial charge in [0, 0.05) is 4.83 Å². The average Bonchev–Trinajstić information content (AvgIpc) is 2.16. The van der Waals surface area contributed by atoms with Gasteiger partial charge in [-0.25, -0.2) is 4.39 Å². The highest BCUT2D eigenvalue weighted by atomic mass is 79.9. The third kappa shape index (κ3) is 3.49. The number of halogens is 2. The molecular weight excluding hydrogens is 259 g/mol. The van der Waals surface area contributed by atoms with Crippen LogP contribution in [0.25, 0.3) is 0 Å². The third-order valence-corrected chi connectivity index (χ3v) is 3.12. The molecule has 0 aliphatic heterocycles. The number of ether oxygens (including phenoxy) is 1. The first-order valence-electron chi connectivity index (χ1n) is 5.02. The Bertz CT molecular complexity index is 325. The van der Waals surface area contributed by atoms with E-state index in [9.17, 15) is 4.39 Å². The topological polar surface area (TPSA) is 9.23 Å². The zero-order valence-corrected chi connectivity index (χ0v) is 10.8. The molecule has 0 spiro atoms. The van der Waals surface area contributed by atoms with Crippen molar-refractivity contribution < 1.29 is 9.13 Å². The Kier molecular flexibility index (Phi) is 4.58. The first-order chi connectivity index (χ1) is 7.04. The van der Waals surface area contributed by atoms with Crippen LogP contribution in [-0.4, -0.2) is 7.11 Å². The normalized spacial score (nSPS) is 12.9. The van der Waals surface area contributed by atoms with Gasteiger partial charge >= 0.3 is 0 Å². The van der Waals surface area contributed by atoms with E-state index >= 15 is 0 Å². The van der Waals surface area contributed by atoms with E-state index < -0.39 is 0 Å². The van der Waals surface area contributed by atoms with Crippen LogP contribution in [-0.2, 0) is 0 Å². The standard InChI is InChI=1S/C12H16BrFO/c1-8(2)6-10(13)9-4-5-12(15-3)11(14)7-9/h4-5,7-8,10H,6H2,1-3H3. The largest absolute Gasteiger partial charge is 0.494 e. The maximum absolute atomic E-state index is 13.4. The minimum Gasteiger partial charge on any atom is -0.494 e. The summed E-state index contributed by atoms with van der Waals surface area (Å²) in [6, 6.07) is 5.09. The molecular formula is C12H16BrFO. The average molecular weight is 275 g/mol. The number of hydrogen-bond acceptors (Lipinski definition) is 1. The molecule has 0 aliphatic rings. The van der Waals surface area contributed by atoms with Crippen LogP contribution in [0.1, 0.15) is 30.7 Å². The fourth-order valence-corrected chi connectivity index (χ4v) is 2.46. The highest BCUT2D eigenvalue weighted by Gasteiger charge is 2.12. The number of methoxy groups -OCH3 is 1. The van der Waals surface area contributed by atoms with Crippen molar-refractivity contribution in [1.82, 2.24) is 0 Å². The van der Waals surface area contributed by atoms with Crippen LogP contribution in [0.4, 0.5) is 4.39 Å². The molecule has 15 heavy (non-hydrogen) atoms. The fraction of sp³-hybridized carbons (Fsp3) is 0.500. The Morgan fingerprint density at radius 2 is 2.07 bits per heavy atom. The fourth-order valence-electron chi connectivity index (χ4n) is 1.43. The molecule has 84 valence electrons. The van der Waals surface area contributed by atoms with Crippen molar-refractivity contribution in [3.63, 3.8) is 0 Å². The second-order valence-electron chi connectivity index (χ2n) is 3.99. The van der Waals surface area contributed by atoms with Crippen LogP contribution >= 0.6 is 15.9 Å². The SMILES string of the molecule is COc1ccc(C(Br)CC(C)C)cc1F. The van der Waals surface area contributed by atoms with Crippen molar-refractivity contribution in [1.29, 1.82) is 0 Å². The zero-order valence-electron chi connectivity index (χ0n) is 9.26. The summed E-state index contributed by atoms with van der Waals surface area (Å²) in [5, 5.41) is 0. The van der Waals surface area contributed by atoms with E-state index in [1.807, 2.05) is 6.07 Å². The first kappa shape index (κ1) is 12.5. The van der Waals surface area contributed by atoms with Crippen molar-refractivity contribution in [2.75, 3.05) is 7.11 Å². The van der Waals surface area contributed by atoms with Gasteiger partial charge in [-0.3, -0.25) is 0 Å². The summed E-state index contributed by atoms with van der Waals surface area (Å²) < 4.78 is 18.3. The Morgan fingerprint density at radius 3 is 2.53 bits per heavy atom. The van der Waals surface area contributed by atoms with Gasteiger partial charge in [0.1, 0.15) is 0 Å². The van der Waals surface area contributed by atoms with Gasteiger partial charge in [0.15, 0.2) is 11.6 Å². The summed E-state index contributed by atoms with van der Waals surface area (Å²) in [6.45, 7) is 4.29. The summed E-state index contributed by atoms with van der Waals surface area (Å²) in [7, 11) is 1.47. The Morgan fingerprint density at radius 1 is 1.40 bits per heavy atom. The molecule has 3 heteroatoms. The van der Waals surface area contributed by atoms with Crippen LogP contribution < -0.4 is 4.74 Å². The van der Waals surface area contributed by atoms with E-state index in [4.69, 9.17) is 4.74 Å². The minimum absolute atomic E-state index is 0.206. The number of hydrogen-bond donors (Lipinski definition) is 0. The van der Waals surface area contributed by atoms with Gasteiger partial charge in [-0.15, -0.1) is 0 Å². The Hall–Kier alpha value is -0.570. The highest BCUT2D eigenvalue weighted by Crippen LogP contribution is 2.31. The van der Waals surface area contributed by atoms with Crippen molar-refractivity contribution in [3.05, 3.63) is 29.6 Å². The molecule has 0 fully saturated rings. The molecule has 0 saturated heterocycles. The number of alkyl halides is 1. The van der Waals surface area contributed by atoms with Crippen LogP contribution in [0, 0.1) is 11.7 Å². The predicted octanol–water partition coefficient (Wildman–Crippen LogP) is 4.32. The molecule has 1 nitrogen and oxygen atoms in total. The smallest absolute Gasteiger partial charge is 0.165 e. The van der Waals surface area contributed by atoms with Gasteiger partial charge < -0.3 is 4.74 Å². The Labute approximate surface area is 98.8 Å². The molecule has 1 unspecified atom stereocenters. The lowest BCUT2D eigenvalue weighted by molar-refractivity contribution is 0.386. The monoisotopic (exact) mass is 274 g/mol. The Balaban J connectivity index is 2.82. The summed E-state index contributed by atoms with van der Waals surface area (Å²) in [5.74, 6) is 0.575. The lowest BCUT2D eigenvalue weighted by Gasteiger charge is -2.13. The molecule has 1 rings (SSSR count). The van der Waals surface area contributed by atoms with Gasteiger partial charge in [0.05, 0.1) is 7.11 Å². The molecule has 1 atom stereocenters. The third-order valence-electron chi connectivity index (χ3n) is 2.22. The summed E-state index contributed by atoms with van der Waals surface area (Å²) in [6.07, 6.45) is 0.992. The van der Waals surface area contributed by atoms with Crippen LogP contribution in [0.2, 0.25) is 0 Å². The molecule has 0 aromatic heterocycles. The lowest BCUT2D eigenvalue weighted by Crippen LogP contribution is -1.97. The maximum Gasteiger partial charge on any atom is 0.165 e. The molecule has 1 aromatic rings. The lowest BCUT2D eigenvalue weighted by atomic mass is 10.0. The van der Waals surface area contributed by atoms with Crippen molar-refractivity contribution in [2.45, 2.75) is 25.1 Å². The second-order valence-corrected chi connectivity index (χ2v) is 5.10. The number of benzene rings is 1. The molecule has 0 radical (unpaired) electrons. The summed E-state index contributed by atoms with van der Waals surface area (Å²) >= 11 is 3.56. The minimum atomic E-state index is -0.303. The molecule has 1 aromatic carbocycles. The molecule has 0 N–H and O–H groups in total.